The van der Waals surface area contributed by atoms with E-state index in [1.54, 1.807) is 0 Å². The zero-order valence-electron chi connectivity index (χ0n) is 40.2. The third kappa shape index (κ3) is 25.7. The molecule has 1 saturated carbocycles. The van der Waals surface area contributed by atoms with Crippen LogP contribution in [0.3, 0.4) is 0 Å². The van der Waals surface area contributed by atoms with E-state index in [2.05, 4.69) is 61.6 Å². The van der Waals surface area contributed by atoms with Crippen LogP contribution in [0.4, 0.5) is 0 Å². The number of hydrogen-bond acceptors (Lipinski definition) is 15. The Morgan fingerprint density at radius 2 is 1.31 bits per heavy atom. The van der Waals surface area contributed by atoms with Crippen LogP contribution in [0.2, 0.25) is 0 Å². The first-order chi connectivity index (χ1) is 32.6. The molecule has 1 aliphatic heterocycles. The summed E-state index contributed by atoms with van der Waals surface area (Å²) in [4.78, 5) is 36.4. The van der Waals surface area contributed by atoms with Gasteiger partial charge in [0.05, 0.1) is 37.1 Å². The van der Waals surface area contributed by atoms with Gasteiger partial charge in [-0.3, -0.25) is 18.6 Å². The molecule has 2 fully saturated rings. The molecule has 1 heterocycles. The van der Waals surface area contributed by atoms with Crippen molar-refractivity contribution in [3.8, 4) is 0 Å². The number of carbonyl (C=O) groups is 2. The summed E-state index contributed by atoms with van der Waals surface area (Å²) in [5.74, 6) is -3.99. The highest BCUT2D eigenvalue weighted by Gasteiger charge is 2.49. The fraction of sp³-hybridized carbons (Fsp3) is 0.686. The van der Waals surface area contributed by atoms with Gasteiger partial charge in [0.2, 0.25) is 0 Å². The van der Waals surface area contributed by atoms with Crippen molar-refractivity contribution in [2.24, 2.45) is 11.8 Å². The van der Waals surface area contributed by atoms with E-state index in [4.69, 9.17) is 18.5 Å². The lowest BCUT2D eigenvalue weighted by Crippen LogP contribution is -2.55. The molecule has 0 aromatic rings. The van der Waals surface area contributed by atoms with Crippen molar-refractivity contribution >= 4 is 19.8 Å². The molecule has 17 heteroatoms. The second-order valence-electron chi connectivity index (χ2n) is 17.5. The standard InChI is InChI=1S/C51H83O16P/c1-3-5-7-8-9-10-11-12-13-14-15-16-17-18-19-20-21-22-27-31-44(55)64-36-39-37-65-68(62,63)67-51-49(60)47(58)41(34-33-38(52)29-25-6-4-2)43(54)35-42(53)40(46(57)48(59)50(51)61)30-26-23-24-28-32-45(56)66-39/h5,7,9-10,12-13,15-16,18-19,21-22,33-34,38-43,46-54,57-61H,3-4,6,8,11,14,17,20,23-32,35-37H2,1-2H3,(H,62,63)/b7-5-,10-9-,13-12-,16-15-,19-18-,22-21-,34-33+/t38-,39+,40-,41-,42-,43+,46+,47+,48-,49+,50+,51+/m0/s1. The van der Waals surface area contributed by atoms with E-state index in [9.17, 15) is 59.9 Å². The number of ether oxygens (including phenoxy) is 2. The molecule has 2 aliphatic rings. The van der Waals surface area contributed by atoms with Crippen molar-refractivity contribution in [3.63, 3.8) is 0 Å². The number of fused-ring (bicyclic) bond motifs is 4. The van der Waals surface area contributed by atoms with Crippen molar-refractivity contribution in [2.45, 2.75) is 197 Å². The summed E-state index contributed by atoms with van der Waals surface area (Å²) in [6.07, 6.45) is 18.2. The fourth-order valence-electron chi connectivity index (χ4n) is 7.82. The minimum Gasteiger partial charge on any atom is -0.462 e. The van der Waals surface area contributed by atoms with Gasteiger partial charge in [-0.2, -0.15) is 0 Å². The Kier molecular flexibility index (Phi) is 32.2. The molecule has 388 valence electrons. The van der Waals surface area contributed by atoms with Crippen LogP contribution in [0.15, 0.2) is 85.1 Å². The number of phosphoric ester groups is 1. The Morgan fingerprint density at radius 1 is 0.735 bits per heavy atom. The second-order valence-corrected chi connectivity index (χ2v) is 19.0. The number of hydrogen-bond donors (Lipinski definition) is 9. The van der Waals surface area contributed by atoms with Gasteiger partial charge in [0, 0.05) is 31.1 Å². The number of unbranched alkanes of at least 4 members (excludes halogenated alkanes) is 2. The number of allylic oxidation sites excluding steroid dienone is 12. The molecule has 0 aromatic carbocycles. The minimum atomic E-state index is -5.45. The van der Waals surface area contributed by atoms with Crippen LogP contribution < -0.4 is 0 Å². The van der Waals surface area contributed by atoms with Gasteiger partial charge in [0.15, 0.2) is 6.10 Å². The lowest BCUT2D eigenvalue weighted by Gasteiger charge is -2.37. The summed E-state index contributed by atoms with van der Waals surface area (Å²) in [5, 5.41) is 90.1. The maximum Gasteiger partial charge on any atom is 0.472 e. The van der Waals surface area contributed by atoms with Gasteiger partial charge >= 0.3 is 19.8 Å². The molecule has 0 aromatic heterocycles. The van der Waals surface area contributed by atoms with Crippen LogP contribution >= 0.6 is 7.82 Å². The van der Waals surface area contributed by atoms with Gasteiger partial charge in [-0.1, -0.05) is 137 Å². The number of cyclic esters (lactones) is 1. The quantitative estimate of drug-likeness (QED) is 0.0245. The van der Waals surface area contributed by atoms with Crippen molar-refractivity contribution < 1.29 is 78.4 Å². The Labute approximate surface area is 404 Å². The zero-order valence-corrected chi connectivity index (χ0v) is 41.1. The highest BCUT2D eigenvalue weighted by Crippen LogP contribution is 2.47. The van der Waals surface area contributed by atoms with E-state index < -0.39 is 112 Å². The summed E-state index contributed by atoms with van der Waals surface area (Å²) in [6.45, 7) is 2.67. The van der Waals surface area contributed by atoms with Crippen LogP contribution in [-0.4, -0.2) is 132 Å². The SMILES string of the molecule is CC/C=C\C/C=C\C/C=C\C/C=C\C/C=C\C/C=C\CCC(=O)OC[C@@H]1COP(=O)(O)O[C@H]2[C@H](O)[C@@H](O)[C@H](O)[C@@H](CCCCCCC(=O)O1)[C@@H](O)C[C@@H](O)[C@H](/C=C/[C@@H](O)CCCCC)[C@@H](O)[C@H]2O. The number of phosphoric acid groups is 1. The number of aliphatic hydroxyl groups is 8. The first-order valence-corrected chi connectivity index (χ1v) is 26.1. The second kappa shape index (κ2) is 35.9. The lowest BCUT2D eigenvalue weighted by atomic mass is 9.82. The number of esters is 2. The van der Waals surface area contributed by atoms with E-state index in [-0.39, 0.29) is 19.3 Å². The third-order valence-electron chi connectivity index (χ3n) is 11.8. The summed E-state index contributed by atoms with van der Waals surface area (Å²) in [7, 11) is -5.45. The lowest BCUT2D eigenvalue weighted by molar-refractivity contribution is -0.167. The van der Waals surface area contributed by atoms with Crippen molar-refractivity contribution in [1.82, 2.24) is 0 Å². The molecule has 2 bridgehead atoms. The van der Waals surface area contributed by atoms with E-state index >= 15 is 0 Å². The molecule has 2 rings (SSSR count). The molecule has 1 aliphatic carbocycles. The largest absolute Gasteiger partial charge is 0.472 e. The average Bonchev–Trinajstić information content (AvgIpc) is 3.31. The Bertz CT molecular complexity index is 1640. The van der Waals surface area contributed by atoms with E-state index in [1.165, 1.54) is 12.2 Å². The van der Waals surface area contributed by atoms with Crippen molar-refractivity contribution in [2.75, 3.05) is 13.2 Å². The summed E-state index contributed by atoms with van der Waals surface area (Å²) < 4.78 is 34.7. The molecule has 16 nitrogen and oxygen atoms in total. The molecular weight excluding hydrogens is 900 g/mol. The van der Waals surface area contributed by atoms with Gasteiger partial charge in [0.1, 0.15) is 31.0 Å². The van der Waals surface area contributed by atoms with Gasteiger partial charge < -0.3 is 55.2 Å². The molecule has 0 amide bonds. The molecule has 1 unspecified atom stereocenters. The van der Waals surface area contributed by atoms with Crippen molar-refractivity contribution in [3.05, 3.63) is 85.1 Å². The summed E-state index contributed by atoms with van der Waals surface area (Å²) >= 11 is 0. The normalized spacial score (nSPS) is 31.9. The molecule has 68 heavy (non-hydrogen) atoms. The van der Waals surface area contributed by atoms with E-state index in [1.807, 2.05) is 25.2 Å². The molecular formula is C51H83O16P. The summed E-state index contributed by atoms with van der Waals surface area (Å²) in [5.41, 5.74) is 0. The maximum absolute atomic E-state index is 13.5. The molecule has 0 radical (unpaired) electrons. The van der Waals surface area contributed by atoms with Crippen molar-refractivity contribution in [1.29, 1.82) is 0 Å². The highest BCUT2D eigenvalue weighted by atomic mass is 31.2. The van der Waals surface area contributed by atoms with Gasteiger partial charge in [0.25, 0.3) is 0 Å². The van der Waals surface area contributed by atoms with Crippen LogP contribution in [0.5, 0.6) is 0 Å². The molecule has 9 N–H and O–H groups in total. The first kappa shape index (κ1) is 61.0. The predicted octanol–water partition coefficient (Wildman–Crippen LogP) is 6.44. The Morgan fingerprint density at radius 3 is 1.91 bits per heavy atom. The highest BCUT2D eigenvalue weighted by molar-refractivity contribution is 7.47. The predicted molar refractivity (Wildman–Crippen MR) is 260 cm³/mol. The number of rotatable bonds is 22. The maximum atomic E-state index is 13.5. The zero-order chi connectivity index (χ0) is 50.2. The smallest absolute Gasteiger partial charge is 0.462 e. The van der Waals surface area contributed by atoms with Gasteiger partial charge in [-0.05, 0) is 64.2 Å². The van der Waals surface area contributed by atoms with Gasteiger partial charge in [-0.15, -0.1) is 0 Å². The first-order valence-electron chi connectivity index (χ1n) is 24.6. The Balaban J connectivity index is 2.11. The van der Waals surface area contributed by atoms with Crippen LogP contribution in [0, 0.1) is 11.8 Å². The third-order valence-corrected chi connectivity index (χ3v) is 12.8. The molecule has 1 saturated heterocycles. The number of carbonyl (C=O) groups excluding carboxylic acids is 2. The molecule has 13 atom stereocenters. The average molecular weight is 983 g/mol. The number of aliphatic hydroxyl groups excluding tert-OH is 8. The van der Waals surface area contributed by atoms with Crippen LogP contribution in [0.1, 0.15) is 136 Å². The van der Waals surface area contributed by atoms with E-state index in [0.29, 0.717) is 51.4 Å². The van der Waals surface area contributed by atoms with Crippen LogP contribution in [0.25, 0.3) is 0 Å². The molecule has 0 spiro atoms. The minimum absolute atomic E-state index is 0.0140. The van der Waals surface area contributed by atoms with Gasteiger partial charge in [-0.25, -0.2) is 4.57 Å². The monoisotopic (exact) mass is 983 g/mol. The van der Waals surface area contributed by atoms with E-state index in [0.717, 1.165) is 44.9 Å². The topological polar surface area (TPSA) is 270 Å². The fourth-order valence-corrected chi connectivity index (χ4v) is 8.79. The summed E-state index contributed by atoms with van der Waals surface area (Å²) in [6, 6.07) is 0. The Hall–Kier alpha value is -3.09. The van der Waals surface area contributed by atoms with Crippen LogP contribution in [-0.2, 0) is 32.7 Å².